The lowest BCUT2D eigenvalue weighted by atomic mass is 10.0. The van der Waals surface area contributed by atoms with Crippen LogP contribution in [0.5, 0.6) is 0 Å². The number of hydrogen-bond donors (Lipinski definition) is 5. The Morgan fingerprint density at radius 3 is 0.927 bits per heavy atom. The third-order valence-electron chi connectivity index (χ3n) is 8.05. The van der Waals surface area contributed by atoms with Gasteiger partial charge in [0, 0.05) is 12.8 Å². The van der Waals surface area contributed by atoms with Crippen molar-refractivity contribution >= 4 is 11.8 Å². The molecule has 0 aliphatic carbocycles. The number of aliphatic hydroxyl groups is 2. The summed E-state index contributed by atoms with van der Waals surface area (Å²) in [5.74, 6) is -3.38. The molecule has 0 aromatic heterocycles. The maximum Gasteiger partial charge on any atom is 0.260 e. The fraction of sp³-hybridized carbons (Fsp3) is 0.941. The zero-order valence-corrected chi connectivity index (χ0v) is 27.2. The number of unbranched alkanes of at least 4 members (excludes halogenated alkanes) is 24. The lowest BCUT2D eigenvalue weighted by Crippen LogP contribution is -2.66. The minimum absolute atomic E-state index is 0.277. The number of carbonyl (C=O) groups is 2. The monoisotopic (exact) mass is 584 g/mol. The molecule has 0 atom stereocenters. The van der Waals surface area contributed by atoms with Gasteiger partial charge in [-0.25, -0.2) is 0 Å². The second-order valence-electron chi connectivity index (χ2n) is 12.3. The fourth-order valence-corrected chi connectivity index (χ4v) is 5.32. The van der Waals surface area contributed by atoms with Crippen molar-refractivity contribution in [2.45, 2.75) is 206 Å². The van der Waals surface area contributed by atoms with E-state index in [4.69, 9.17) is 5.73 Å². The molecule has 0 aromatic carbocycles. The highest BCUT2D eigenvalue weighted by Gasteiger charge is 2.32. The largest absolute Gasteiger partial charge is 0.351 e. The van der Waals surface area contributed by atoms with Crippen LogP contribution in [0, 0.1) is 0 Å². The lowest BCUT2D eigenvalue weighted by molar-refractivity contribution is -0.188. The van der Waals surface area contributed by atoms with Crippen LogP contribution in [0.1, 0.15) is 194 Å². The van der Waals surface area contributed by atoms with Crippen LogP contribution in [0.15, 0.2) is 0 Å². The molecular weight excluding hydrogens is 514 g/mol. The van der Waals surface area contributed by atoms with E-state index in [1.807, 2.05) is 0 Å². The predicted molar refractivity (Wildman–Crippen MR) is 172 cm³/mol. The van der Waals surface area contributed by atoms with Crippen molar-refractivity contribution in [3.8, 4) is 0 Å². The molecule has 0 radical (unpaired) electrons. The van der Waals surface area contributed by atoms with Gasteiger partial charge >= 0.3 is 0 Å². The van der Waals surface area contributed by atoms with Gasteiger partial charge in [-0.15, -0.1) is 0 Å². The van der Waals surface area contributed by atoms with E-state index in [0.717, 1.165) is 38.5 Å². The van der Waals surface area contributed by atoms with E-state index in [1.165, 1.54) is 128 Å². The average molecular weight is 584 g/mol. The number of nitrogens with one attached hydrogen (secondary N) is 2. The average Bonchev–Trinajstić information content (AvgIpc) is 2.93. The van der Waals surface area contributed by atoms with E-state index >= 15 is 0 Å². The van der Waals surface area contributed by atoms with Crippen LogP contribution in [0.25, 0.3) is 0 Å². The molecule has 0 aliphatic heterocycles. The van der Waals surface area contributed by atoms with Gasteiger partial charge in [0.15, 0.2) is 6.17 Å². The molecule has 7 heteroatoms. The Hall–Kier alpha value is -1.18. The highest BCUT2D eigenvalue weighted by atomic mass is 16.5. The van der Waals surface area contributed by atoms with E-state index in [0.29, 0.717) is 0 Å². The van der Waals surface area contributed by atoms with Crippen LogP contribution in [-0.4, -0.2) is 34.1 Å². The number of rotatable bonds is 31. The smallest absolute Gasteiger partial charge is 0.260 e. The molecule has 244 valence electrons. The number of amides is 2. The van der Waals surface area contributed by atoms with Gasteiger partial charge in [0.1, 0.15) is 0 Å². The van der Waals surface area contributed by atoms with Crippen LogP contribution in [0.3, 0.4) is 0 Å². The van der Waals surface area contributed by atoms with Crippen molar-refractivity contribution in [2.24, 2.45) is 5.73 Å². The first kappa shape index (κ1) is 39.8. The minimum atomic E-state index is -2.71. The van der Waals surface area contributed by atoms with Crippen molar-refractivity contribution < 1.29 is 19.8 Å². The molecule has 0 aromatic rings. The summed E-state index contributed by atoms with van der Waals surface area (Å²) < 4.78 is 0. The Balaban J connectivity index is 3.80. The van der Waals surface area contributed by atoms with E-state index in [1.54, 1.807) is 0 Å². The van der Waals surface area contributed by atoms with Gasteiger partial charge in [0.05, 0.1) is 0 Å². The summed E-state index contributed by atoms with van der Waals surface area (Å²) in [4.78, 5) is 24.7. The summed E-state index contributed by atoms with van der Waals surface area (Å²) in [7, 11) is 0. The third kappa shape index (κ3) is 28.7. The minimum Gasteiger partial charge on any atom is -0.351 e. The molecule has 0 bridgehead atoms. The molecule has 0 saturated heterocycles. The highest BCUT2D eigenvalue weighted by molar-refractivity contribution is 5.79. The maximum absolute atomic E-state index is 12.3. The van der Waals surface area contributed by atoms with Crippen molar-refractivity contribution in [1.29, 1.82) is 0 Å². The zero-order valence-electron chi connectivity index (χ0n) is 27.2. The molecule has 0 heterocycles. The molecule has 0 unspecified atom stereocenters. The Labute approximate surface area is 253 Å². The van der Waals surface area contributed by atoms with Gasteiger partial charge in [0.2, 0.25) is 11.8 Å². The molecule has 41 heavy (non-hydrogen) atoms. The van der Waals surface area contributed by atoms with Gasteiger partial charge < -0.3 is 20.8 Å². The van der Waals surface area contributed by atoms with Crippen LogP contribution >= 0.6 is 0 Å². The summed E-state index contributed by atoms with van der Waals surface area (Å²) >= 11 is 0. The van der Waals surface area contributed by atoms with Crippen LogP contribution in [-0.2, 0) is 9.59 Å². The SMILES string of the molecule is CCCCCCCCCCCCCCCC(=O)NC(NC(=O)CCCCCCCCCCCCCCC)C(N)(O)O. The first-order valence-corrected chi connectivity index (χ1v) is 17.6. The highest BCUT2D eigenvalue weighted by Crippen LogP contribution is 2.14. The van der Waals surface area contributed by atoms with Gasteiger partial charge in [0.25, 0.3) is 5.91 Å². The first-order chi connectivity index (χ1) is 19.8. The Morgan fingerprint density at radius 2 is 0.707 bits per heavy atom. The number of nitrogens with two attached hydrogens (primary N) is 1. The van der Waals surface area contributed by atoms with Crippen molar-refractivity contribution in [3.63, 3.8) is 0 Å². The Kier molecular flexibility index (Phi) is 28.1. The molecule has 0 saturated carbocycles. The standard InChI is InChI=1S/C34H69N3O4/c1-3-5-7-9-11-13-15-17-19-21-23-25-27-29-31(38)36-33(34(35,40)41)37-32(39)30-28-26-24-22-20-18-16-14-12-10-8-6-4-2/h33,40-41H,3-30,35H2,1-2H3,(H,36,38)(H,37,39). The summed E-state index contributed by atoms with van der Waals surface area (Å²) in [5.41, 5.74) is 5.41. The van der Waals surface area contributed by atoms with E-state index in [2.05, 4.69) is 24.5 Å². The molecule has 6 N–H and O–H groups in total. The quantitative estimate of drug-likeness (QED) is 0.0416. The molecule has 0 fully saturated rings. The summed E-state index contributed by atoms with van der Waals surface area (Å²) in [6, 6.07) is 0. The predicted octanol–water partition coefficient (Wildman–Crippen LogP) is 8.10. The van der Waals surface area contributed by atoms with E-state index in [-0.39, 0.29) is 24.7 Å². The Bertz CT molecular complexity index is 551. The van der Waals surface area contributed by atoms with Gasteiger partial charge in [-0.05, 0) is 12.8 Å². The lowest BCUT2D eigenvalue weighted by Gasteiger charge is -2.29. The summed E-state index contributed by atoms with van der Waals surface area (Å²) in [6.45, 7) is 4.50. The molecule has 0 spiro atoms. The molecule has 2 amide bonds. The fourth-order valence-electron chi connectivity index (χ4n) is 5.32. The van der Waals surface area contributed by atoms with Crippen LogP contribution in [0.4, 0.5) is 0 Å². The van der Waals surface area contributed by atoms with Crippen LogP contribution in [0.2, 0.25) is 0 Å². The number of carbonyl (C=O) groups excluding carboxylic acids is 2. The first-order valence-electron chi connectivity index (χ1n) is 17.6. The van der Waals surface area contributed by atoms with E-state index < -0.39 is 12.1 Å². The molecule has 0 aliphatic rings. The molecule has 7 nitrogen and oxygen atoms in total. The second-order valence-corrected chi connectivity index (χ2v) is 12.3. The van der Waals surface area contributed by atoms with Gasteiger partial charge in [-0.3, -0.25) is 15.3 Å². The summed E-state index contributed by atoms with van der Waals surface area (Å²) in [6.07, 6.45) is 31.1. The Morgan fingerprint density at radius 1 is 0.488 bits per heavy atom. The van der Waals surface area contributed by atoms with E-state index in [9.17, 15) is 19.8 Å². The summed E-state index contributed by atoms with van der Waals surface area (Å²) in [5, 5.41) is 24.7. The zero-order chi connectivity index (χ0) is 30.4. The van der Waals surface area contributed by atoms with Crippen molar-refractivity contribution in [1.82, 2.24) is 10.6 Å². The topological polar surface area (TPSA) is 125 Å². The van der Waals surface area contributed by atoms with Gasteiger partial charge in [-0.2, -0.15) is 0 Å². The molecule has 0 rings (SSSR count). The second kappa shape index (κ2) is 28.9. The van der Waals surface area contributed by atoms with Gasteiger partial charge in [-0.1, -0.05) is 168 Å². The number of hydrogen-bond acceptors (Lipinski definition) is 5. The molecular formula is C34H69N3O4. The normalized spacial score (nSPS) is 11.8. The van der Waals surface area contributed by atoms with Crippen molar-refractivity contribution in [2.75, 3.05) is 0 Å². The third-order valence-corrected chi connectivity index (χ3v) is 8.05. The maximum atomic E-state index is 12.3. The van der Waals surface area contributed by atoms with Crippen molar-refractivity contribution in [3.05, 3.63) is 0 Å². The van der Waals surface area contributed by atoms with Crippen LogP contribution < -0.4 is 16.4 Å².